The monoisotopic (exact) mass is 432 g/mol. The zero-order chi connectivity index (χ0) is 21.7. The van der Waals surface area contributed by atoms with Crippen molar-refractivity contribution in [2.45, 2.75) is 26.3 Å². The number of nitrogens with one attached hydrogen (secondary N) is 1. The standard InChI is InChI=1S/C23H21ClN6O/c1-13-8-21(22-27-18-9-14(2)15(3)10-19(18)28-22)29(12-13)23(31)17-11-16(24)4-5-20(17)30-25-6-7-26-30/h4-7,9-11,21H,1,8,12H2,2-3H3,(H,27,28). The first-order valence-corrected chi connectivity index (χ1v) is 10.4. The molecule has 1 aliphatic heterocycles. The molecule has 1 N–H and O–H groups in total. The molecule has 0 radical (unpaired) electrons. The number of amides is 1. The summed E-state index contributed by atoms with van der Waals surface area (Å²) in [5.74, 6) is 0.596. The molecule has 31 heavy (non-hydrogen) atoms. The number of halogens is 1. The predicted octanol–water partition coefficient (Wildman–Crippen LogP) is 4.56. The first-order valence-electron chi connectivity index (χ1n) is 10.0. The minimum atomic E-state index is -0.231. The molecule has 2 aromatic carbocycles. The van der Waals surface area contributed by atoms with E-state index in [4.69, 9.17) is 16.6 Å². The van der Waals surface area contributed by atoms with Crippen LogP contribution < -0.4 is 0 Å². The van der Waals surface area contributed by atoms with E-state index in [0.29, 0.717) is 29.2 Å². The largest absolute Gasteiger partial charge is 0.340 e. The average molecular weight is 433 g/mol. The molecule has 8 heteroatoms. The Hall–Kier alpha value is -3.45. The SMILES string of the molecule is C=C1CC(c2nc3cc(C)c(C)cc3[nH]2)N(C(=O)c2cc(Cl)ccc2-n2nccn2)C1. The van der Waals surface area contributed by atoms with Crippen LogP contribution in [-0.2, 0) is 0 Å². The number of fused-ring (bicyclic) bond motifs is 1. The maximum Gasteiger partial charge on any atom is 0.257 e. The second kappa shape index (κ2) is 7.35. The Morgan fingerprint density at radius 2 is 1.90 bits per heavy atom. The molecule has 1 saturated heterocycles. The Labute approximate surface area is 184 Å². The first-order chi connectivity index (χ1) is 14.9. The molecule has 0 saturated carbocycles. The molecule has 1 aliphatic rings. The van der Waals surface area contributed by atoms with Crippen molar-refractivity contribution in [1.29, 1.82) is 0 Å². The third-order valence-corrected chi connectivity index (χ3v) is 6.00. The van der Waals surface area contributed by atoms with E-state index >= 15 is 0 Å². The highest BCUT2D eigenvalue weighted by Crippen LogP contribution is 2.36. The van der Waals surface area contributed by atoms with Crippen molar-refractivity contribution in [3.63, 3.8) is 0 Å². The summed E-state index contributed by atoms with van der Waals surface area (Å²) in [6, 6.07) is 9.06. The summed E-state index contributed by atoms with van der Waals surface area (Å²) < 4.78 is 0. The van der Waals surface area contributed by atoms with Crippen LogP contribution in [0.25, 0.3) is 16.7 Å². The number of likely N-dealkylation sites (tertiary alicyclic amines) is 1. The highest BCUT2D eigenvalue weighted by atomic mass is 35.5. The Morgan fingerprint density at radius 3 is 2.68 bits per heavy atom. The van der Waals surface area contributed by atoms with Crippen molar-refractivity contribution in [3.8, 4) is 5.69 Å². The summed E-state index contributed by atoms with van der Waals surface area (Å²) in [5, 5.41) is 8.83. The van der Waals surface area contributed by atoms with Crippen LogP contribution in [0.1, 0.15) is 39.8 Å². The third kappa shape index (κ3) is 3.41. The summed E-state index contributed by atoms with van der Waals surface area (Å²) in [7, 11) is 0. The Balaban J connectivity index is 1.56. The van der Waals surface area contributed by atoms with Gasteiger partial charge in [0.1, 0.15) is 5.82 Å². The van der Waals surface area contributed by atoms with Crippen LogP contribution in [0.3, 0.4) is 0 Å². The minimum absolute atomic E-state index is 0.161. The molecule has 2 aromatic heterocycles. The Kier molecular flexibility index (Phi) is 4.63. The smallest absolute Gasteiger partial charge is 0.257 e. The Bertz CT molecular complexity index is 1280. The minimum Gasteiger partial charge on any atom is -0.340 e. The van der Waals surface area contributed by atoms with Crippen molar-refractivity contribution in [3.05, 3.63) is 82.4 Å². The number of H-pyrrole nitrogens is 1. The van der Waals surface area contributed by atoms with Gasteiger partial charge >= 0.3 is 0 Å². The van der Waals surface area contributed by atoms with Crippen LogP contribution in [0, 0.1) is 13.8 Å². The van der Waals surface area contributed by atoms with Gasteiger partial charge in [0.2, 0.25) is 0 Å². The molecule has 1 atom stereocenters. The second-order valence-corrected chi connectivity index (χ2v) is 8.40. The highest BCUT2D eigenvalue weighted by molar-refractivity contribution is 6.31. The van der Waals surface area contributed by atoms with Crippen LogP contribution in [0.4, 0.5) is 0 Å². The zero-order valence-corrected chi connectivity index (χ0v) is 18.0. The predicted molar refractivity (Wildman–Crippen MR) is 119 cm³/mol. The molecule has 7 nitrogen and oxygen atoms in total. The fraction of sp³-hybridized carbons (Fsp3) is 0.217. The fourth-order valence-corrected chi connectivity index (χ4v) is 4.22. The lowest BCUT2D eigenvalue weighted by Crippen LogP contribution is -2.32. The molecule has 0 spiro atoms. The van der Waals surface area contributed by atoms with E-state index in [1.165, 1.54) is 15.9 Å². The van der Waals surface area contributed by atoms with Gasteiger partial charge in [0, 0.05) is 11.6 Å². The lowest BCUT2D eigenvalue weighted by atomic mass is 10.1. The number of rotatable bonds is 3. The molecule has 156 valence electrons. The van der Waals surface area contributed by atoms with Crippen molar-refractivity contribution < 1.29 is 4.79 Å². The van der Waals surface area contributed by atoms with Crippen LogP contribution >= 0.6 is 11.6 Å². The van der Waals surface area contributed by atoms with E-state index in [1.807, 2.05) is 0 Å². The number of hydrogen-bond acceptors (Lipinski definition) is 4. The number of aromatic nitrogens is 5. The zero-order valence-electron chi connectivity index (χ0n) is 17.3. The number of aromatic amines is 1. The number of nitrogens with zero attached hydrogens (tertiary/aromatic N) is 5. The molecule has 0 bridgehead atoms. The van der Waals surface area contributed by atoms with Crippen molar-refractivity contribution in [2.24, 2.45) is 0 Å². The molecule has 5 rings (SSSR count). The second-order valence-electron chi connectivity index (χ2n) is 7.96. The molecular weight excluding hydrogens is 412 g/mol. The molecule has 1 amide bonds. The lowest BCUT2D eigenvalue weighted by molar-refractivity contribution is 0.0732. The van der Waals surface area contributed by atoms with Crippen molar-refractivity contribution in [2.75, 3.05) is 6.54 Å². The number of aryl methyl sites for hydroxylation is 2. The van der Waals surface area contributed by atoms with E-state index in [-0.39, 0.29) is 11.9 Å². The number of imidazole rings is 1. The summed E-state index contributed by atoms with van der Waals surface area (Å²) in [6.45, 7) is 8.74. The van der Waals surface area contributed by atoms with Gasteiger partial charge in [-0.15, -0.1) is 0 Å². The number of carbonyl (C=O) groups is 1. The molecule has 0 aliphatic carbocycles. The molecule has 4 aromatic rings. The molecular formula is C23H21ClN6O. The van der Waals surface area contributed by atoms with Crippen molar-refractivity contribution in [1.82, 2.24) is 29.9 Å². The van der Waals surface area contributed by atoms with E-state index in [0.717, 1.165) is 22.4 Å². The van der Waals surface area contributed by atoms with Crippen molar-refractivity contribution >= 4 is 28.5 Å². The van der Waals surface area contributed by atoms with E-state index in [2.05, 4.69) is 47.7 Å². The lowest BCUT2D eigenvalue weighted by Gasteiger charge is -2.24. The van der Waals surface area contributed by atoms with Gasteiger partial charge in [-0.05, 0) is 61.7 Å². The summed E-state index contributed by atoms with van der Waals surface area (Å²) in [5.41, 5.74) is 6.23. The fourth-order valence-electron chi connectivity index (χ4n) is 4.05. The van der Waals surface area contributed by atoms with Gasteiger partial charge in [0.15, 0.2) is 0 Å². The average Bonchev–Trinajstić information content (AvgIpc) is 3.47. The quantitative estimate of drug-likeness (QED) is 0.481. The number of hydrogen-bond donors (Lipinski definition) is 1. The van der Waals surface area contributed by atoms with Gasteiger partial charge < -0.3 is 9.88 Å². The number of carbonyl (C=O) groups excluding carboxylic acids is 1. The van der Waals surface area contributed by atoms with E-state index in [1.54, 1.807) is 35.5 Å². The maximum atomic E-state index is 13.7. The van der Waals surface area contributed by atoms with Gasteiger partial charge in [-0.2, -0.15) is 15.0 Å². The summed E-state index contributed by atoms with van der Waals surface area (Å²) >= 11 is 6.24. The summed E-state index contributed by atoms with van der Waals surface area (Å²) in [6.07, 6.45) is 3.79. The van der Waals surface area contributed by atoms with Crippen LogP contribution in [0.5, 0.6) is 0 Å². The van der Waals surface area contributed by atoms with Gasteiger partial charge in [-0.25, -0.2) is 4.98 Å². The van der Waals surface area contributed by atoms with Gasteiger partial charge in [0.25, 0.3) is 5.91 Å². The topological polar surface area (TPSA) is 79.7 Å². The highest BCUT2D eigenvalue weighted by Gasteiger charge is 2.36. The first kappa shape index (κ1) is 19.5. The normalized spacial score (nSPS) is 16.4. The van der Waals surface area contributed by atoms with Gasteiger partial charge in [-0.1, -0.05) is 23.8 Å². The van der Waals surface area contributed by atoms with Gasteiger partial charge in [-0.3, -0.25) is 4.79 Å². The van der Waals surface area contributed by atoms with E-state index in [9.17, 15) is 4.79 Å². The maximum absolute atomic E-state index is 13.7. The molecule has 3 heterocycles. The molecule has 1 fully saturated rings. The van der Waals surface area contributed by atoms with E-state index < -0.39 is 0 Å². The third-order valence-electron chi connectivity index (χ3n) is 5.77. The molecule has 1 unspecified atom stereocenters. The van der Waals surface area contributed by atoms with Crippen LogP contribution in [0.15, 0.2) is 54.9 Å². The van der Waals surface area contributed by atoms with Gasteiger partial charge in [0.05, 0.1) is 40.7 Å². The van der Waals surface area contributed by atoms with Crippen LogP contribution in [-0.4, -0.2) is 42.3 Å². The Morgan fingerprint density at radius 1 is 1.16 bits per heavy atom. The number of benzene rings is 2. The summed E-state index contributed by atoms with van der Waals surface area (Å²) in [4.78, 5) is 25.1. The van der Waals surface area contributed by atoms with Crippen LogP contribution in [0.2, 0.25) is 5.02 Å².